The van der Waals surface area contributed by atoms with Crippen molar-refractivity contribution in [2.75, 3.05) is 6.54 Å². The average Bonchev–Trinajstić information content (AvgIpc) is 2.84. The third-order valence-electron chi connectivity index (χ3n) is 2.58. The molecule has 0 saturated heterocycles. The van der Waals surface area contributed by atoms with Gasteiger partial charge in [-0.2, -0.15) is 5.10 Å². The van der Waals surface area contributed by atoms with Gasteiger partial charge in [-0.25, -0.2) is 0 Å². The maximum Gasteiger partial charge on any atom is 0.0541 e. The first-order valence-electron chi connectivity index (χ1n) is 5.94. The van der Waals surface area contributed by atoms with Crippen LogP contribution >= 0.6 is 0 Å². The van der Waals surface area contributed by atoms with E-state index in [0.717, 1.165) is 31.7 Å². The number of nitrogens with zero attached hydrogens (tertiary/aromatic N) is 3. The summed E-state index contributed by atoms with van der Waals surface area (Å²) in [5.74, 6) is 0. The van der Waals surface area contributed by atoms with Crippen molar-refractivity contribution in [1.29, 1.82) is 0 Å². The predicted octanol–water partition coefficient (Wildman–Crippen LogP) is 1.77. The fourth-order valence-electron chi connectivity index (χ4n) is 1.62. The van der Waals surface area contributed by atoms with Gasteiger partial charge in [0.2, 0.25) is 0 Å². The molecule has 17 heavy (non-hydrogen) atoms. The van der Waals surface area contributed by atoms with Gasteiger partial charge in [0.25, 0.3) is 0 Å². The molecular weight excluding hydrogens is 212 g/mol. The Morgan fingerprint density at radius 2 is 2.29 bits per heavy atom. The molecule has 0 atom stereocenters. The Balaban J connectivity index is 1.61. The highest BCUT2D eigenvalue weighted by molar-refractivity contribution is 5.11. The van der Waals surface area contributed by atoms with Crippen LogP contribution in [0, 0.1) is 6.92 Å². The van der Waals surface area contributed by atoms with E-state index >= 15 is 0 Å². The first-order valence-corrected chi connectivity index (χ1v) is 5.94. The van der Waals surface area contributed by atoms with Gasteiger partial charge < -0.3 is 5.32 Å². The average molecular weight is 230 g/mol. The summed E-state index contributed by atoms with van der Waals surface area (Å²) in [7, 11) is 0. The molecule has 0 bridgehead atoms. The van der Waals surface area contributed by atoms with Crippen LogP contribution in [0.4, 0.5) is 0 Å². The quantitative estimate of drug-likeness (QED) is 0.769. The number of hydrogen-bond donors (Lipinski definition) is 1. The van der Waals surface area contributed by atoms with Crippen molar-refractivity contribution in [3.8, 4) is 0 Å². The van der Waals surface area contributed by atoms with Crippen LogP contribution in [0.3, 0.4) is 0 Å². The van der Waals surface area contributed by atoms with Crippen molar-refractivity contribution in [2.24, 2.45) is 0 Å². The molecule has 2 heterocycles. The second-order valence-electron chi connectivity index (χ2n) is 4.13. The Morgan fingerprint density at radius 1 is 1.35 bits per heavy atom. The number of rotatable bonds is 6. The summed E-state index contributed by atoms with van der Waals surface area (Å²) in [4.78, 5) is 4.35. The van der Waals surface area contributed by atoms with Gasteiger partial charge in [0.05, 0.1) is 5.69 Å². The highest BCUT2D eigenvalue weighted by Gasteiger charge is 1.94. The fourth-order valence-corrected chi connectivity index (χ4v) is 1.62. The van der Waals surface area contributed by atoms with E-state index in [-0.39, 0.29) is 0 Å². The molecular formula is C13H18N4. The lowest BCUT2D eigenvalue weighted by atomic mass is 10.3. The van der Waals surface area contributed by atoms with Crippen LogP contribution in [0.5, 0.6) is 0 Å². The molecule has 2 aromatic rings. The Labute approximate surface area is 102 Å². The summed E-state index contributed by atoms with van der Waals surface area (Å²) in [6.45, 7) is 4.82. The van der Waals surface area contributed by atoms with Gasteiger partial charge in [0.1, 0.15) is 0 Å². The van der Waals surface area contributed by atoms with E-state index in [1.54, 1.807) is 0 Å². The zero-order valence-corrected chi connectivity index (χ0v) is 10.1. The van der Waals surface area contributed by atoms with Crippen molar-refractivity contribution in [3.63, 3.8) is 0 Å². The molecule has 0 saturated carbocycles. The molecule has 4 heteroatoms. The summed E-state index contributed by atoms with van der Waals surface area (Å²) in [5.41, 5.74) is 2.29. The van der Waals surface area contributed by atoms with Gasteiger partial charge in [0.15, 0.2) is 0 Å². The smallest absolute Gasteiger partial charge is 0.0541 e. The minimum absolute atomic E-state index is 0.833. The van der Waals surface area contributed by atoms with Crippen LogP contribution < -0.4 is 5.32 Å². The maximum atomic E-state index is 4.35. The van der Waals surface area contributed by atoms with Crippen molar-refractivity contribution in [2.45, 2.75) is 26.4 Å². The zero-order chi connectivity index (χ0) is 11.9. The summed E-state index contributed by atoms with van der Waals surface area (Å²) in [5, 5.41) is 7.54. The van der Waals surface area contributed by atoms with E-state index in [9.17, 15) is 0 Å². The number of nitrogens with one attached hydrogen (secondary N) is 1. The fraction of sp³-hybridized carbons (Fsp3) is 0.385. The number of pyridine rings is 1. The van der Waals surface area contributed by atoms with E-state index in [0.29, 0.717) is 0 Å². The van der Waals surface area contributed by atoms with Crippen LogP contribution in [0.25, 0.3) is 0 Å². The van der Waals surface area contributed by atoms with E-state index < -0.39 is 0 Å². The van der Waals surface area contributed by atoms with Crippen LogP contribution in [0.1, 0.15) is 17.7 Å². The summed E-state index contributed by atoms with van der Waals surface area (Å²) < 4.78 is 1.95. The van der Waals surface area contributed by atoms with Crippen molar-refractivity contribution < 1.29 is 0 Å². The molecule has 0 aliphatic rings. The van der Waals surface area contributed by atoms with E-state index in [1.807, 2.05) is 36.3 Å². The normalized spacial score (nSPS) is 10.6. The Morgan fingerprint density at radius 3 is 3.00 bits per heavy atom. The largest absolute Gasteiger partial charge is 0.311 e. The molecule has 1 N–H and O–H groups in total. The topological polar surface area (TPSA) is 42.7 Å². The molecule has 4 nitrogen and oxygen atoms in total. The third-order valence-corrected chi connectivity index (χ3v) is 2.58. The second kappa shape index (κ2) is 6.15. The third kappa shape index (κ3) is 4.00. The van der Waals surface area contributed by atoms with Crippen molar-refractivity contribution in [3.05, 3.63) is 48.0 Å². The molecule has 0 aliphatic carbocycles. The monoisotopic (exact) mass is 230 g/mol. The first-order chi connectivity index (χ1) is 8.34. The van der Waals surface area contributed by atoms with E-state index in [4.69, 9.17) is 0 Å². The van der Waals surface area contributed by atoms with Gasteiger partial charge in [0, 0.05) is 31.7 Å². The number of aromatic nitrogens is 3. The molecule has 0 aliphatic heterocycles. The van der Waals surface area contributed by atoms with Gasteiger partial charge in [-0.1, -0.05) is 6.07 Å². The molecule has 0 unspecified atom stereocenters. The maximum absolute atomic E-state index is 4.35. The molecule has 0 radical (unpaired) electrons. The Kier molecular flexibility index (Phi) is 4.27. The summed E-state index contributed by atoms with van der Waals surface area (Å²) in [6.07, 6.45) is 6.78. The van der Waals surface area contributed by atoms with Crippen molar-refractivity contribution >= 4 is 0 Å². The highest BCUT2D eigenvalue weighted by atomic mass is 15.3. The molecule has 90 valence electrons. The SMILES string of the molecule is Cc1ccc(CNCCCn2cccn2)nc1. The predicted molar refractivity (Wildman–Crippen MR) is 67.5 cm³/mol. The molecule has 0 aromatic carbocycles. The number of hydrogen-bond acceptors (Lipinski definition) is 3. The minimum Gasteiger partial charge on any atom is -0.311 e. The lowest BCUT2D eigenvalue weighted by molar-refractivity contribution is 0.541. The Hall–Kier alpha value is -1.68. The second-order valence-corrected chi connectivity index (χ2v) is 4.13. The number of aryl methyl sites for hydroxylation is 2. The molecule has 0 amide bonds. The summed E-state index contributed by atoms with van der Waals surface area (Å²) in [6, 6.07) is 6.10. The van der Waals surface area contributed by atoms with Gasteiger partial charge >= 0.3 is 0 Å². The molecule has 2 rings (SSSR count). The van der Waals surface area contributed by atoms with Crippen LogP contribution in [0.15, 0.2) is 36.8 Å². The van der Waals surface area contributed by atoms with Crippen LogP contribution in [-0.2, 0) is 13.1 Å². The molecule has 2 aromatic heterocycles. The lowest BCUT2D eigenvalue weighted by Gasteiger charge is -2.05. The van der Waals surface area contributed by atoms with E-state index in [2.05, 4.69) is 27.5 Å². The van der Waals surface area contributed by atoms with Crippen molar-refractivity contribution in [1.82, 2.24) is 20.1 Å². The van der Waals surface area contributed by atoms with E-state index in [1.165, 1.54) is 5.56 Å². The van der Waals surface area contributed by atoms with Gasteiger partial charge in [-0.15, -0.1) is 0 Å². The molecule has 0 spiro atoms. The van der Waals surface area contributed by atoms with Gasteiger partial charge in [-0.05, 0) is 37.6 Å². The van der Waals surface area contributed by atoms with Crippen LogP contribution in [0.2, 0.25) is 0 Å². The zero-order valence-electron chi connectivity index (χ0n) is 10.1. The lowest BCUT2D eigenvalue weighted by Crippen LogP contribution is -2.17. The highest BCUT2D eigenvalue weighted by Crippen LogP contribution is 1.97. The molecule has 0 fully saturated rings. The Bertz CT molecular complexity index is 419. The minimum atomic E-state index is 0.833. The first kappa shape index (κ1) is 11.8. The van der Waals surface area contributed by atoms with Crippen LogP contribution in [-0.4, -0.2) is 21.3 Å². The summed E-state index contributed by atoms with van der Waals surface area (Å²) >= 11 is 0. The van der Waals surface area contributed by atoms with Gasteiger partial charge in [-0.3, -0.25) is 9.67 Å². The standard InChI is InChI=1S/C13H18N4/c1-12-4-5-13(15-10-12)11-14-6-2-8-17-9-3-7-16-17/h3-5,7,9-10,14H,2,6,8,11H2,1H3.